The number of aliphatic hydroxyl groups excluding tert-OH is 2. The third-order valence-electron chi connectivity index (χ3n) is 12.5. The van der Waals surface area contributed by atoms with Crippen molar-refractivity contribution in [2.24, 2.45) is 0 Å². The highest BCUT2D eigenvalue weighted by Crippen LogP contribution is 2.05. The summed E-state index contributed by atoms with van der Waals surface area (Å²) in [7, 11) is 0. The summed E-state index contributed by atoms with van der Waals surface area (Å²) in [4.78, 5) is 41.9. The highest BCUT2D eigenvalue weighted by Gasteiger charge is 2.19. The summed E-state index contributed by atoms with van der Waals surface area (Å²) in [6.07, 6.45) is -1.14. The number of esters is 1. The second-order valence-corrected chi connectivity index (χ2v) is 17.3. The molecule has 3 rings (SSSR count). The van der Waals surface area contributed by atoms with E-state index in [1.807, 2.05) is 30.3 Å². The van der Waals surface area contributed by atoms with Crippen LogP contribution in [0.15, 0.2) is 30.3 Å². The van der Waals surface area contributed by atoms with Gasteiger partial charge in [-0.15, -0.1) is 0 Å². The summed E-state index contributed by atoms with van der Waals surface area (Å²) < 4.78 is 26.5. The van der Waals surface area contributed by atoms with Crippen LogP contribution in [0.2, 0.25) is 0 Å². The van der Waals surface area contributed by atoms with E-state index in [1.165, 1.54) is 0 Å². The number of halogens is 1. The first kappa shape index (κ1) is 63.5. The van der Waals surface area contributed by atoms with Crippen LogP contribution >= 0.6 is 0 Å². The van der Waals surface area contributed by atoms with E-state index in [2.05, 4.69) is 80.7 Å². The molecule has 0 radical (unpaired) electrons. The van der Waals surface area contributed by atoms with Crippen molar-refractivity contribution in [1.82, 2.24) is 39.2 Å². The Labute approximate surface area is 409 Å². The smallest absolute Gasteiger partial charge is 0.332 e. The van der Waals surface area contributed by atoms with Crippen molar-refractivity contribution in [2.75, 3.05) is 210 Å². The van der Waals surface area contributed by atoms with Gasteiger partial charge in [0.2, 0.25) is 0 Å². The summed E-state index contributed by atoms with van der Waals surface area (Å²) in [6.45, 7) is 38.7. The van der Waals surface area contributed by atoms with Crippen LogP contribution in [-0.2, 0) is 39.9 Å². The first-order chi connectivity index (χ1) is 32.5. The van der Waals surface area contributed by atoms with E-state index >= 15 is 0 Å². The molecule has 0 aromatic heterocycles. The molecule has 2 unspecified atom stereocenters. The molecule has 2 saturated heterocycles. The molecule has 19 heteroatoms. The maximum Gasteiger partial charge on any atom is 0.332 e. The van der Waals surface area contributed by atoms with Crippen molar-refractivity contribution in [1.29, 1.82) is 0 Å². The van der Waals surface area contributed by atoms with E-state index in [4.69, 9.17) is 28.8 Å². The van der Waals surface area contributed by atoms with Gasteiger partial charge >= 0.3 is 11.9 Å². The summed E-state index contributed by atoms with van der Waals surface area (Å²) in [5.41, 5.74) is 0.943. The van der Waals surface area contributed by atoms with Crippen LogP contribution < -0.4 is 0 Å². The zero-order valence-corrected chi connectivity index (χ0v) is 43.1. The third-order valence-corrected chi connectivity index (χ3v) is 12.5. The largest absolute Gasteiger partial charge is 0.480 e. The minimum absolute atomic E-state index is 0. The summed E-state index contributed by atoms with van der Waals surface area (Å²) in [6, 6.07) is 9.55. The Morgan fingerprint density at radius 1 is 0.471 bits per heavy atom. The van der Waals surface area contributed by atoms with Crippen molar-refractivity contribution in [2.45, 2.75) is 60.4 Å². The molecule has 0 bridgehead atoms. The van der Waals surface area contributed by atoms with E-state index < -0.39 is 24.1 Å². The van der Waals surface area contributed by atoms with Crippen molar-refractivity contribution in [3.05, 3.63) is 35.9 Å². The molecule has 18 nitrogen and oxygen atoms in total. The molecule has 0 saturated carbocycles. The Morgan fingerprint density at radius 3 is 1.07 bits per heavy atom. The fourth-order valence-corrected chi connectivity index (χ4v) is 7.89. The number of hydrogen-bond donors (Lipinski definition) is 3. The number of benzene rings is 1. The van der Waals surface area contributed by atoms with Crippen LogP contribution in [0.1, 0.15) is 47.1 Å². The number of carbonyl (C=O) groups excluding carboxylic acids is 1. The SMILES string of the molecule is CCN1CCN(CC)CCN(CC(O)COCCOCC(=O)O)CCN(CC)CC1.CCN1CCN(CC)CCN(CC(O)COCCOCC(=O)OCc2ccccc2)CCN(CC)CC1.F. The molecule has 398 valence electrons. The fraction of sp³-hybridized carbons (Fsp3) is 0.837. The highest BCUT2D eigenvalue weighted by atomic mass is 19.0. The second kappa shape index (κ2) is 41.2. The van der Waals surface area contributed by atoms with Gasteiger partial charge in [-0.1, -0.05) is 71.9 Å². The third kappa shape index (κ3) is 31.7. The molecule has 0 amide bonds. The lowest BCUT2D eigenvalue weighted by atomic mass is 10.2. The molecule has 1 aromatic rings. The lowest BCUT2D eigenvalue weighted by Gasteiger charge is -2.34. The Bertz CT molecular complexity index is 1310. The zero-order valence-electron chi connectivity index (χ0n) is 43.1. The maximum atomic E-state index is 11.8. The van der Waals surface area contributed by atoms with E-state index in [1.54, 1.807) is 0 Å². The van der Waals surface area contributed by atoms with Gasteiger partial charge in [0.05, 0.1) is 51.8 Å². The van der Waals surface area contributed by atoms with E-state index in [0.29, 0.717) is 19.7 Å². The average molecular weight is 975 g/mol. The number of nitrogens with zero attached hydrogens (tertiary/aromatic N) is 8. The van der Waals surface area contributed by atoms with Gasteiger partial charge in [-0.2, -0.15) is 0 Å². The molecule has 0 aliphatic carbocycles. The lowest BCUT2D eigenvalue weighted by molar-refractivity contribution is -0.151. The van der Waals surface area contributed by atoms with Gasteiger partial charge < -0.3 is 68.4 Å². The highest BCUT2D eigenvalue weighted by molar-refractivity contribution is 5.70. The van der Waals surface area contributed by atoms with Gasteiger partial charge in [0.15, 0.2) is 0 Å². The number of carboxylic acids is 1. The van der Waals surface area contributed by atoms with Crippen molar-refractivity contribution in [3.8, 4) is 0 Å². The van der Waals surface area contributed by atoms with Crippen LogP contribution in [-0.4, -0.2) is 289 Å². The van der Waals surface area contributed by atoms with Gasteiger partial charge in [0.1, 0.15) is 19.8 Å². The topological polar surface area (TPSA) is 167 Å². The monoisotopic (exact) mass is 975 g/mol. The van der Waals surface area contributed by atoms with E-state index in [-0.39, 0.29) is 57.6 Å². The van der Waals surface area contributed by atoms with Gasteiger partial charge in [0.25, 0.3) is 0 Å². The molecule has 1 aromatic carbocycles. The Kier molecular flexibility index (Phi) is 38.5. The van der Waals surface area contributed by atoms with Crippen molar-refractivity contribution < 1.29 is 53.3 Å². The predicted molar refractivity (Wildman–Crippen MR) is 267 cm³/mol. The van der Waals surface area contributed by atoms with E-state index in [0.717, 1.165) is 150 Å². The Morgan fingerprint density at radius 2 is 0.765 bits per heavy atom. The molecule has 2 aliphatic rings. The molecular formula is C49H95FN8O10. The number of hydrogen-bond acceptors (Lipinski definition) is 17. The maximum absolute atomic E-state index is 11.8. The minimum atomic E-state index is -0.991. The van der Waals surface area contributed by atoms with E-state index in [9.17, 15) is 19.8 Å². The standard InChI is InChI=1S/C28H50N4O5.C21H44N4O5.FH/c1-4-29-12-14-30(5-2)16-18-32(19-17-31(6-3)15-13-29)22-27(33)24-35-20-21-36-25-28(34)37-23-26-10-8-7-9-11-26;1-4-22-7-9-23(5-2)11-13-25(14-12-24(6-3)10-8-22)17-20(26)18-29-15-16-30-19-21(27)28;/h7-11,27,33H,4-6,12-25H2,1-3H3;20,26H,4-19H2,1-3H3,(H,27,28);1H. The molecule has 2 aliphatic heterocycles. The van der Waals surface area contributed by atoms with Crippen LogP contribution in [0.3, 0.4) is 0 Å². The molecule has 68 heavy (non-hydrogen) atoms. The molecule has 2 atom stereocenters. The number of rotatable bonds is 26. The number of ether oxygens (including phenoxy) is 5. The van der Waals surface area contributed by atoms with Crippen molar-refractivity contribution in [3.63, 3.8) is 0 Å². The van der Waals surface area contributed by atoms with Gasteiger partial charge in [-0.05, 0) is 44.8 Å². The van der Waals surface area contributed by atoms with Crippen LogP contribution in [0.25, 0.3) is 0 Å². The van der Waals surface area contributed by atoms with Gasteiger partial charge in [0, 0.05) is 118 Å². The van der Waals surface area contributed by atoms with Gasteiger partial charge in [-0.25, -0.2) is 9.59 Å². The van der Waals surface area contributed by atoms with Crippen LogP contribution in [0, 0.1) is 0 Å². The normalized spacial score (nSPS) is 19.2. The number of likely N-dealkylation sites (N-methyl/N-ethyl adjacent to an activating group) is 6. The van der Waals surface area contributed by atoms with Crippen molar-refractivity contribution >= 4 is 11.9 Å². The number of carbonyl (C=O) groups is 2. The number of aliphatic hydroxyl groups is 2. The Balaban J connectivity index is 0.000000685. The molecule has 2 fully saturated rings. The second-order valence-electron chi connectivity index (χ2n) is 17.3. The molecule has 3 N–H and O–H groups in total. The lowest BCUT2D eigenvalue weighted by Crippen LogP contribution is -2.47. The quantitative estimate of drug-likeness (QED) is 0.0898. The summed E-state index contributed by atoms with van der Waals surface area (Å²) >= 11 is 0. The number of β-amino-alcohol motifs (C(OH)–C–C–N with tert-alkyl or cyclic N) is 2. The predicted octanol–water partition coefficient (Wildman–Crippen LogP) is 1.30. The molecule has 2 heterocycles. The summed E-state index contributed by atoms with van der Waals surface area (Å²) in [5.74, 6) is -1.39. The van der Waals surface area contributed by atoms with Crippen LogP contribution in [0.5, 0.6) is 0 Å². The molecular weight excluding hydrogens is 880 g/mol. The fourth-order valence-electron chi connectivity index (χ4n) is 7.89. The zero-order chi connectivity index (χ0) is 48.9. The number of aliphatic carboxylic acids is 1. The van der Waals surface area contributed by atoms with Gasteiger partial charge in [-0.3, -0.25) is 14.5 Å². The Hall–Kier alpha value is -2.47. The first-order valence-electron chi connectivity index (χ1n) is 25.4. The van der Waals surface area contributed by atoms with Crippen LogP contribution in [0.4, 0.5) is 4.70 Å². The number of carboxylic acid groups (broad SMARTS) is 1. The molecule has 0 spiro atoms. The first-order valence-corrected chi connectivity index (χ1v) is 25.4. The summed E-state index contributed by atoms with van der Waals surface area (Å²) in [5, 5.41) is 29.6. The average Bonchev–Trinajstić information content (AvgIpc) is 3.33. The minimum Gasteiger partial charge on any atom is -0.480 e.